The van der Waals surface area contributed by atoms with Crippen LogP contribution in [0.1, 0.15) is 31.9 Å². The maximum absolute atomic E-state index is 12.0. The molecule has 0 N–H and O–H groups in total. The van der Waals surface area contributed by atoms with Crippen molar-refractivity contribution in [3.8, 4) is 0 Å². The Morgan fingerprint density at radius 2 is 1.86 bits per heavy atom. The van der Waals surface area contributed by atoms with Crippen LogP contribution in [0.2, 0.25) is 5.02 Å². The normalized spacial score (nSPS) is 16.7. The summed E-state index contributed by atoms with van der Waals surface area (Å²) in [6, 6.07) is 6.02. The number of rotatable bonds is 2. The fraction of sp³-hybridized carbons (Fsp3) is 0.588. The SMILES string of the molecule is Cc1c(Cl)cccc1CN1CCN(C(=O)OC(C)(C)C)CC1. The Balaban J connectivity index is 1.87. The van der Waals surface area contributed by atoms with Crippen LogP contribution in [-0.4, -0.2) is 47.7 Å². The molecule has 1 heterocycles. The largest absolute Gasteiger partial charge is 0.444 e. The summed E-state index contributed by atoms with van der Waals surface area (Å²) in [7, 11) is 0. The number of ether oxygens (including phenoxy) is 1. The second-order valence-electron chi connectivity index (χ2n) is 6.77. The van der Waals surface area contributed by atoms with Gasteiger partial charge >= 0.3 is 6.09 Å². The van der Waals surface area contributed by atoms with Crippen LogP contribution in [0.3, 0.4) is 0 Å². The van der Waals surface area contributed by atoms with Crippen molar-refractivity contribution in [2.75, 3.05) is 26.2 Å². The standard InChI is InChI=1S/C17H25ClN2O2/c1-13-14(6-5-7-15(13)18)12-19-8-10-20(11-9-19)16(21)22-17(2,3)4/h5-7H,8-12H2,1-4H3. The van der Waals surface area contributed by atoms with Crippen LogP contribution in [-0.2, 0) is 11.3 Å². The van der Waals surface area contributed by atoms with Gasteiger partial charge in [0.25, 0.3) is 0 Å². The summed E-state index contributed by atoms with van der Waals surface area (Å²) in [5, 5.41) is 0.810. The van der Waals surface area contributed by atoms with Gasteiger partial charge in [0.2, 0.25) is 0 Å². The van der Waals surface area contributed by atoms with Gasteiger partial charge in [0.15, 0.2) is 0 Å². The molecule has 0 unspecified atom stereocenters. The first kappa shape index (κ1) is 17.1. The Hall–Kier alpha value is -1.26. The summed E-state index contributed by atoms with van der Waals surface area (Å²) in [5.41, 5.74) is 1.95. The van der Waals surface area contributed by atoms with Crippen molar-refractivity contribution in [2.24, 2.45) is 0 Å². The van der Waals surface area contributed by atoms with Gasteiger partial charge in [-0.05, 0) is 44.9 Å². The molecule has 0 aromatic heterocycles. The van der Waals surface area contributed by atoms with E-state index in [9.17, 15) is 4.79 Å². The van der Waals surface area contributed by atoms with E-state index in [1.54, 1.807) is 4.90 Å². The van der Waals surface area contributed by atoms with E-state index in [1.165, 1.54) is 5.56 Å². The van der Waals surface area contributed by atoms with E-state index in [4.69, 9.17) is 16.3 Å². The number of halogens is 1. The third kappa shape index (κ3) is 4.62. The van der Waals surface area contributed by atoms with Gasteiger partial charge in [0, 0.05) is 37.7 Å². The number of carbonyl (C=O) groups is 1. The molecule has 2 rings (SSSR count). The van der Waals surface area contributed by atoms with Crippen LogP contribution in [0, 0.1) is 6.92 Å². The van der Waals surface area contributed by atoms with Crippen molar-refractivity contribution in [1.82, 2.24) is 9.80 Å². The van der Waals surface area contributed by atoms with Crippen LogP contribution < -0.4 is 0 Å². The first-order chi connectivity index (χ1) is 10.3. The average molecular weight is 325 g/mol. The summed E-state index contributed by atoms with van der Waals surface area (Å²) in [4.78, 5) is 16.2. The molecular weight excluding hydrogens is 300 g/mol. The van der Waals surface area contributed by atoms with E-state index in [1.807, 2.05) is 32.9 Å². The predicted octanol–water partition coefficient (Wildman–Crippen LogP) is 3.70. The van der Waals surface area contributed by atoms with Crippen molar-refractivity contribution in [2.45, 2.75) is 39.8 Å². The minimum Gasteiger partial charge on any atom is -0.444 e. The molecule has 1 aliphatic rings. The highest BCUT2D eigenvalue weighted by Gasteiger charge is 2.25. The highest BCUT2D eigenvalue weighted by atomic mass is 35.5. The fourth-order valence-corrected chi connectivity index (χ4v) is 2.67. The Kier molecular flexibility index (Phi) is 5.35. The third-order valence-electron chi connectivity index (χ3n) is 3.80. The zero-order chi connectivity index (χ0) is 16.3. The Bertz CT molecular complexity index is 532. The minimum atomic E-state index is -0.438. The molecule has 0 radical (unpaired) electrons. The summed E-state index contributed by atoms with van der Waals surface area (Å²) in [6.07, 6.45) is -0.217. The average Bonchev–Trinajstić information content (AvgIpc) is 2.43. The van der Waals surface area contributed by atoms with Crippen LogP contribution in [0.25, 0.3) is 0 Å². The lowest BCUT2D eigenvalue weighted by Crippen LogP contribution is -2.49. The van der Waals surface area contributed by atoms with Gasteiger partial charge in [0.05, 0.1) is 0 Å². The van der Waals surface area contributed by atoms with Gasteiger partial charge in [0.1, 0.15) is 5.60 Å². The maximum Gasteiger partial charge on any atom is 0.410 e. The van der Waals surface area contributed by atoms with E-state index >= 15 is 0 Å². The molecule has 0 spiro atoms. The lowest BCUT2D eigenvalue weighted by atomic mass is 10.1. The smallest absolute Gasteiger partial charge is 0.410 e. The van der Waals surface area contributed by atoms with E-state index in [2.05, 4.69) is 17.9 Å². The van der Waals surface area contributed by atoms with Gasteiger partial charge in [-0.2, -0.15) is 0 Å². The highest BCUT2D eigenvalue weighted by Crippen LogP contribution is 2.21. The fourth-order valence-electron chi connectivity index (χ4n) is 2.48. The summed E-state index contributed by atoms with van der Waals surface area (Å²) in [5.74, 6) is 0. The van der Waals surface area contributed by atoms with Gasteiger partial charge in [-0.25, -0.2) is 4.79 Å². The number of nitrogens with zero attached hydrogens (tertiary/aromatic N) is 2. The molecule has 122 valence electrons. The molecule has 0 aliphatic carbocycles. The van der Waals surface area contributed by atoms with E-state index in [0.717, 1.165) is 30.2 Å². The number of hydrogen-bond acceptors (Lipinski definition) is 3. The van der Waals surface area contributed by atoms with E-state index in [0.29, 0.717) is 13.1 Å². The molecule has 0 atom stereocenters. The van der Waals surface area contributed by atoms with Gasteiger partial charge in [-0.1, -0.05) is 23.7 Å². The van der Waals surface area contributed by atoms with Crippen molar-refractivity contribution >= 4 is 17.7 Å². The van der Waals surface area contributed by atoms with Gasteiger partial charge in [-0.3, -0.25) is 4.90 Å². The zero-order valence-corrected chi connectivity index (χ0v) is 14.6. The maximum atomic E-state index is 12.0. The molecule has 4 nitrogen and oxygen atoms in total. The van der Waals surface area contributed by atoms with Gasteiger partial charge in [-0.15, -0.1) is 0 Å². The molecule has 1 amide bonds. The molecule has 0 bridgehead atoms. The molecule has 5 heteroatoms. The Labute approximate surface area is 138 Å². The van der Waals surface area contributed by atoms with E-state index in [-0.39, 0.29) is 6.09 Å². The number of piperazine rings is 1. The van der Waals surface area contributed by atoms with Gasteiger partial charge < -0.3 is 9.64 Å². The van der Waals surface area contributed by atoms with E-state index < -0.39 is 5.60 Å². The number of carbonyl (C=O) groups excluding carboxylic acids is 1. The number of benzene rings is 1. The van der Waals surface area contributed by atoms with Crippen molar-refractivity contribution in [3.63, 3.8) is 0 Å². The second kappa shape index (κ2) is 6.88. The first-order valence-corrected chi connectivity index (χ1v) is 8.08. The molecular formula is C17H25ClN2O2. The quantitative estimate of drug-likeness (QED) is 0.831. The lowest BCUT2D eigenvalue weighted by Gasteiger charge is -2.35. The second-order valence-corrected chi connectivity index (χ2v) is 7.17. The molecule has 0 saturated carbocycles. The van der Waals surface area contributed by atoms with Crippen molar-refractivity contribution in [3.05, 3.63) is 34.3 Å². The minimum absolute atomic E-state index is 0.217. The predicted molar refractivity (Wildman–Crippen MR) is 89.3 cm³/mol. The van der Waals surface area contributed by atoms with Crippen molar-refractivity contribution in [1.29, 1.82) is 0 Å². The number of amides is 1. The lowest BCUT2D eigenvalue weighted by molar-refractivity contribution is 0.0139. The zero-order valence-electron chi connectivity index (χ0n) is 13.9. The third-order valence-corrected chi connectivity index (χ3v) is 4.21. The molecule has 1 aromatic carbocycles. The topological polar surface area (TPSA) is 32.8 Å². The Morgan fingerprint density at radius 1 is 1.23 bits per heavy atom. The van der Waals surface area contributed by atoms with Crippen LogP contribution in [0.4, 0.5) is 4.79 Å². The van der Waals surface area contributed by atoms with Crippen molar-refractivity contribution < 1.29 is 9.53 Å². The highest BCUT2D eigenvalue weighted by molar-refractivity contribution is 6.31. The molecule has 22 heavy (non-hydrogen) atoms. The van der Waals surface area contributed by atoms with Crippen LogP contribution in [0.5, 0.6) is 0 Å². The molecule has 1 aliphatic heterocycles. The summed E-state index contributed by atoms with van der Waals surface area (Å²) in [6.45, 7) is 11.7. The van der Waals surface area contributed by atoms with Crippen LogP contribution in [0.15, 0.2) is 18.2 Å². The molecule has 1 aromatic rings. The number of hydrogen-bond donors (Lipinski definition) is 0. The molecule has 1 saturated heterocycles. The van der Waals surface area contributed by atoms with Crippen LogP contribution >= 0.6 is 11.6 Å². The molecule has 1 fully saturated rings. The Morgan fingerprint density at radius 3 is 2.45 bits per heavy atom. The monoisotopic (exact) mass is 324 g/mol. The first-order valence-electron chi connectivity index (χ1n) is 7.70. The summed E-state index contributed by atoms with van der Waals surface area (Å²) < 4.78 is 5.42. The summed E-state index contributed by atoms with van der Waals surface area (Å²) >= 11 is 6.17.